The molecule has 0 atom stereocenters. The van der Waals surface area contributed by atoms with E-state index in [9.17, 15) is 8.42 Å². The first kappa shape index (κ1) is 15.2. The molecular weight excluding hydrogens is 348 g/mol. The Hall–Kier alpha value is -1.22. The van der Waals surface area contributed by atoms with E-state index in [1.54, 1.807) is 25.1 Å². The summed E-state index contributed by atoms with van der Waals surface area (Å²) in [6, 6.07) is 6.21. The van der Waals surface area contributed by atoms with Crippen LogP contribution in [0.4, 0.5) is 0 Å². The largest absolute Gasteiger partial charge is 0.392 e. The highest BCUT2D eigenvalue weighted by atomic mass is 79.9. The van der Waals surface area contributed by atoms with Gasteiger partial charge in [0.2, 0.25) is 10.0 Å². The molecule has 2 aromatic rings. The second-order valence-electron chi connectivity index (χ2n) is 4.18. The van der Waals surface area contributed by atoms with Gasteiger partial charge in [0, 0.05) is 10.5 Å². The topological polar surface area (TPSA) is 92.4 Å². The van der Waals surface area contributed by atoms with Crippen LogP contribution in [0.1, 0.15) is 17.0 Å². The van der Waals surface area contributed by atoms with Crippen molar-refractivity contribution in [2.75, 3.05) is 0 Å². The van der Waals surface area contributed by atoms with Crippen molar-refractivity contribution >= 4 is 26.0 Å². The molecule has 2 N–H and O–H groups in total. The lowest BCUT2D eigenvalue weighted by Crippen LogP contribution is -2.23. The third kappa shape index (κ3) is 3.45. The molecule has 0 aliphatic heterocycles. The molecule has 0 fully saturated rings. The maximum Gasteiger partial charge on any atom is 0.242 e. The molecule has 0 unspecified atom stereocenters. The average Bonchev–Trinajstić information content (AvgIpc) is 2.82. The molecule has 1 aromatic heterocycles. The summed E-state index contributed by atoms with van der Waals surface area (Å²) in [5, 5.41) is 12.7. The molecule has 2 rings (SSSR count). The second kappa shape index (κ2) is 6.04. The molecule has 0 bridgehead atoms. The lowest BCUT2D eigenvalue weighted by atomic mass is 10.2. The van der Waals surface area contributed by atoms with Gasteiger partial charge in [0.05, 0.1) is 23.7 Å². The van der Waals surface area contributed by atoms with E-state index in [4.69, 9.17) is 9.63 Å². The molecular formula is C12H13BrN2O4S. The number of benzene rings is 1. The summed E-state index contributed by atoms with van der Waals surface area (Å²) in [6.07, 6.45) is 0. The van der Waals surface area contributed by atoms with Crippen molar-refractivity contribution in [3.63, 3.8) is 0 Å². The maximum absolute atomic E-state index is 12.2. The fourth-order valence-corrected chi connectivity index (χ4v) is 3.72. The monoisotopic (exact) mass is 360 g/mol. The van der Waals surface area contributed by atoms with Crippen molar-refractivity contribution in [3.8, 4) is 0 Å². The third-order valence-corrected chi connectivity index (χ3v) is 4.96. The number of hydrogen-bond acceptors (Lipinski definition) is 5. The van der Waals surface area contributed by atoms with Crippen LogP contribution < -0.4 is 4.72 Å². The van der Waals surface area contributed by atoms with Crippen molar-refractivity contribution < 1.29 is 18.0 Å². The Morgan fingerprint density at radius 1 is 1.40 bits per heavy atom. The van der Waals surface area contributed by atoms with Crippen LogP contribution in [0.25, 0.3) is 0 Å². The average molecular weight is 361 g/mol. The number of rotatable bonds is 5. The first-order chi connectivity index (χ1) is 9.42. The normalized spacial score (nSPS) is 11.8. The van der Waals surface area contributed by atoms with Crippen LogP contribution in [0, 0.1) is 6.92 Å². The molecule has 0 aliphatic rings. The Morgan fingerprint density at radius 3 is 2.70 bits per heavy atom. The Balaban J connectivity index is 2.18. The van der Waals surface area contributed by atoms with E-state index in [2.05, 4.69) is 25.8 Å². The summed E-state index contributed by atoms with van der Waals surface area (Å²) in [7, 11) is -3.67. The van der Waals surface area contributed by atoms with E-state index in [-0.39, 0.29) is 18.0 Å². The van der Waals surface area contributed by atoms with Gasteiger partial charge in [0.15, 0.2) is 5.76 Å². The summed E-state index contributed by atoms with van der Waals surface area (Å²) in [4.78, 5) is 0.103. The molecule has 1 heterocycles. The van der Waals surface area contributed by atoms with Crippen molar-refractivity contribution in [1.29, 1.82) is 0 Å². The molecule has 20 heavy (non-hydrogen) atoms. The maximum atomic E-state index is 12.2. The van der Waals surface area contributed by atoms with Crippen LogP contribution in [0.5, 0.6) is 0 Å². The predicted octanol–water partition coefficient (Wildman–Crippen LogP) is 1.72. The number of aryl methyl sites for hydroxylation is 1. The number of aliphatic hydroxyl groups is 1. The van der Waals surface area contributed by atoms with E-state index in [0.717, 1.165) is 0 Å². The van der Waals surface area contributed by atoms with Gasteiger partial charge >= 0.3 is 0 Å². The fraction of sp³-hybridized carbons (Fsp3) is 0.250. The van der Waals surface area contributed by atoms with Gasteiger partial charge in [-0.2, -0.15) is 0 Å². The van der Waals surface area contributed by atoms with E-state index in [1.807, 2.05) is 0 Å². The number of aromatic nitrogens is 1. The summed E-state index contributed by atoms with van der Waals surface area (Å²) < 4.78 is 32.1. The molecule has 1 aromatic carbocycles. The highest BCUT2D eigenvalue weighted by Gasteiger charge is 2.18. The molecule has 0 radical (unpaired) electrons. The molecule has 0 saturated heterocycles. The summed E-state index contributed by atoms with van der Waals surface area (Å²) in [5.41, 5.74) is 1.31. The van der Waals surface area contributed by atoms with Crippen molar-refractivity contribution in [1.82, 2.24) is 9.88 Å². The first-order valence-corrected chi connectivity index (χ1v) is 8.01. The molecule has 108 valence electrons. The van der Waals surface area contributed by atoms with Crippen LogP contribution in [0.2, 0.25) is 0 Å². The molecule has 8 heteroatoms. The quantitative estimate of drug-likeness (QED) is 0.846. The van der Waals surface area contributed by atoms with Crippen LogP contribution in [-0.2, 0) is 23.2 Å². The summed E-state index contributed by atoms with van der Waals surface area (Å²) >= 11 is 3.19. The van der Waals surface area contributed by atoms with E-state index >= 15 is 0 Å². The first-order valence-electron chi connectivity index (χ1n) is 5.73. The zero-order valence-corrected chi connectivity index (χ0v) is 13.0. The predicted molar refractivity (Wildman–Crippen MR) is 75.3 cm³/mol. The highest BCUT2D eigenvalue weighted by Crippen LogP contribution is 2.23. The van der Waals surface area contributed by atoms with E-state index < -0.39 is 10.0 Å². The van der Waals surface area contributed by atoms with Gasteiger partial charge in [0.25, 0.3) is 0 Å². The van der Waals surface area contributed by atoms with Crippen molar-refractivity contribution in [2.24, 2.45) is 0 Å². The van der Waals surface area contributed by atoms with Crippen molar-refractivity contribution in [3.05, 3.63) is 45.8 Å². The van der Waals surface area contributed by atoms with Gasteiger partial charge in [-0.3, -0.25) is 0 Å². The molecule has 0 spiro atoms. The van der Waals surface area contributed by atoms with E-state index in [1.165, 1.54) is 6.07 Å². The third-order valence-electron chi connectivity index (χ3n) is 2.58. The lowest BCUT2D eigenvalue weighted by molar-refractivity contribution is 0.281. The van der Waals surface area contributed by atoms with Crippen LogP contribution >= 0.6 is 15.9 Å². The number of hydrogen-bond donors (Lipinski definition) is 2. The number of halogens is 1. The highest BCUT2D eigenvalue weighted by molar-refractivity contribution is 9.10. The van der Waals surface area contributed by atoms with E-state index in [0.29, 0.717) is 21.5 Å². The SMILES string of the molecule is Cc1cc(CNS(=O)(=O)c2ccc(CO)cc2Br)on1. The van der Waals surface area contributed by atoms with Gasteiger partial charge in [-0.25, -0.2) is 13.1 Å². The number of nitrogens with one attached hydrogen (secondary N) is 1. The molecule has 6 nitrogen and oxygen atoms in total. The second-order valence-corrected chi connectivity index (χ2v) is 6.77. The molecule has 0 amide bonds. The zero-order chi connectivity index (χ0) is 14.8. The minimum atomic E-state index is -3.67. The molecule has 0 saturated carbocycles. The standard InChI is InChI=1S/C12H13BrN2O4S/c1-8-4-10(19-15-8)6-14-20(17,18)12-3-2-9(7-16)5-11(12)13/h2-5,14,16H,6-7H2,1H3. The Kier molecular flexibility index (Phi) is 4.59. The lowest BCUT2D eigenvalue weighted by Gasteiger charge is -2.08. The molecule has 0 aliphatic carbocycles. The summed E-state index contributed by atoms with van der Waals surface area (Å²) in [5.74, 6) is 0.439. The minimum absolute atomic E-state index is 0.0252. The van der Waals surface area contributed by atoms with Gasteiger partial charge in [-0.05, 0) is 40.5 Å². The van der Waals surface area contributed by atoms with Crippen LogP contribution in [0.15, 0.2) is 38.2 Å². The smallest absolute Gasteiger partial charge is 0.242 e. The Bertz CT molecular complexity index is 712. The van der Waals surface area contributed by atoms with Gasteiger partial charge in [-0.1, -0.05) is 11.2 Å². The minimum Gasteiger partial charge on any atom is -0.392 e. The van der Waals surface area contributed by atoms with Gasteiger partial charge in [0.1, 0.15) is 0 Å². The Labute approximate surface area is 125 Å². The van der Waals surface area contributed by atoms with Crippen molar-refractivity contribution in [2.45, 2.75) is 25.0 Å². The summed E-state index contributed by atoms with van der Waals surface area (Å²) in [6.45, 7) is 1.63. The fourth-order valence-electron chi connectivity index (χ4n) is 1.60. The van der Waals surface area contributed by atoms with Gasteiger partial charge < -0.3 is 9.63 Å². The van der Waals surface area contributed by atoms with Crippen LogP contribution in [-0.4, -0.2) is 18.7 Å². The number of aliphatic hydroxyl groups excluding tert-OH is 1. The van der Waals surface area contributed by atoms with Crippen LogP contribution in [0.3, 0.4) is 0 Å². The Morgan fingerprint density at radius 2 is 2.15 bits per heavy atom. The van der Waals surface area contributed by atoms with Gasteiger partial charge in [-0.15, -0.1) is 0 Å². The number of sulfonamides is 1. The zero-order valence-electron chi connectivity index (χ0n) is 10.6. The number of nitrogens with zero attached hydrogens (tertiary/aromatic N) is 1.